The Balaban J connectivity index is 2.11. The minimum Gasteiger partial charge on any atom is -0.466 e. The van der Waals surface area contributed by atoms with Crippen LogP contribution in [0.3, 0.4) is 0 Å². The number of hydrogen-bond acceptors (Lipinski definition) is 3. The van der Waals surface area contributed by atoms with E-state index in [9.17, 15) is 4.79 Å². The smallest absolute Gasteiger partial charge is 0.305 e. The van der Waals surface area contributed by atoms with E-state index in [2.05, 4.69) is 46.4 Å². The van der Waals surface area contributed by atoms with Crippen molar-refractivity contribution in [2.24, 2.45) is 0 Å². The molecule has 1 rings (SSSR count). The number of hydrogen-bond donors (Lipinski definition) is 1. The topological polar surface area (TPSA) is 38.3 Å². The van der Waals surface area contributed by atoms with Crippen molar-refractivity contribution in [2.75, 3.05) is 13.2 Å². The van der Waals surface area contributed by atoms with Gasteiger partial charge >= 0.3 is 5.97 Å². The number of unbranched alkanes of at least 4 members (excludes halogenated alkanes) is 2. The van der Waals surface area contributed by atoms with E-state index in [4.69, 9.17) is 4.74 Å². The summed E-state index contributed by atoms with van der Waals surface area (Å²) in [6, 6.07) is 8.70. The Morgan fingerprint density at radius 1 is 1.35 bits per heavy atom. The first-order chi connectivity index (χ1) is 9.63. The fourth-order valence-electron chi connectivity index (χ4n) is 2.02. The van der Waals surface area contributed by atoms with Gasteiger partial charge in [0.2, 0.25) is 0 Å². The molecule has 0 aliphatic rings. The zero-order chi connectivity index (χ0) is 14.8. The summed E-state index contributed by atoms with van der Waals surface area (Å²) in [4.78, 5) is 11.2. The summed E-state index contributed by atoms with van der Waals surface area (Å²) in [5.74, 6) is -0.0806. The summed E-state index contributed by atoms with van der Waals surface area (Å²) >= 11 is 3.49. The largest absolute Gasteiger partial charge is 0.466 e. The normalized spacial score (nSPS) is 12.2. The Morgan fingerprint density at radius 3 is 2.85 bits per heavy atom. The van der Waals surface area contributed by atoms with Gasteiger partial charge < -0.3 is 10.1 Å². The molecule has 4 heteroatoms. The molecule has 1 aromatic carbocycles. The number of nitrogens with one attached hydrogen (secondary N) is 1. The second-order valence-electron chi connectivity index (χ2n) is 4.85. The lowest BCUT2D eigenvalue weighted by molar-refractivity contribution is -0.143. The predicted octanol–water partition coefficient (Wildman–Crippen LogP) is 4.22. The van der Waals surface area contributed by atoms with Crippen LogP contribution in [0, 0.1) is 0 Å². The molecule has 0 amide bonds. The van der Waals surface area contributed by atoms with Crippen molar-refractivity contribution >= 4 is 21.9 Å². The Labute approximate surface area is 130 Å². The lowest BCUT2D eigenvalue weighted by Gasteiger charge is -2.14. The molecule has 0 aliphatic carbocycles. The SMILES string of the molecule is CCOC(=O)CCCCCNC(C)c1cccc(Br)c1. The van der Waals surface area contributed by atoms with E-state index in [0.717, 1.165) is 30.3 Å². The van der Waals surface area contributed by atoms with Crippen molar-refractivity contribution in [3.05, 3.63) is 34.3 Å². The fraction of sp³-hybridized carbons (Fsp3) is 0.562. The maximum absolute atomic E-state index is 11.2. The van der Waals surface area contributed by atoms with Gasteiger partial charge in [0, 0.05) is 16.9 Å². The lowest BCUT2D eigenvalue weighted by Crippen LogP contribution is -2.19. The summed E-state index contributed by atoms with van der Waals surface area (Å²) in [6.45, 7) is 5.45. The van der Waals surface area contributed by atoms with Crippen LogP contribution in [0.4, 0.5) is 0 Å². The van der Waals surface area contributed by atoms with Gasteiger partial charge in [0.15, 0.2) is 0 Å². The third-order valence-corrected chi connectivity index (χ3v) is 3.66. The molecule has 3 nitrogen and oxygen atoms in total. The Morgan fingerprint density at radius 2 is 2.15 bits per heavy atom. The van der Waals surface area contributed by atoms with Crippen LogP contribution in [-0.2, 0) is 9.53 Å². The highest BCUT2D eigenvalue weighted by Crippen LogP contribution is 2.17. The minimum absolute atomic E-state index is 0.0806. The van der Waals surface area contributed by atoms with E-state index in [1.54, 1.807) is 0 Å². The molecule has 0 fully saturated rings. The van der Waals surface area contributed by atoms with Gasteiger partial charge in [0.05, 0.1) is 6.61 Å². The van der Waals surface area contributed by atoms with Crippen molar-refractivity contribution in [3.8, 4) is 0 Å². The van der Waals surface area contributed by atoms with Crippen molar-refractivity contribution < 1.29 is 9.53 Å². The zero-order valence-corrected chi connectivity index (χ0v) is 13.9. The Bertz CT molecular complexity index is 409. The predicted molar refractivity (Wildman–Crippen MR) is 85.7 cm³/mol. The van der Waals surface area contributed by atoms with E-state index in [1.165, 1.54) is 5.56 Å². The number of carbonyl (C=O) groups is 1. The molecule has 0 spiro atoms. The van der Waals surface area contributed by atoms with Crippen molar-refractivity contribution in [2.45, 2.75) is 45.6 Å². The molecule has 1 unspecified atom stereocenters. The number of esters is 1. The molecule has 1 aromatic rings. The highest BCUT2D eigenvalue weighted by molar-refractivity contribution is 9.10. The van der Waals surface area contributed by atoms with Gasteiger partial charge in [-0.1, -0.05) is 34.5 Å². The van der Waals surface area contributed by atoms with Gasteiger partial charge in [-0.25, -0.2) is 0 Å². The van der Waals surface area contributed by atoms with Crippen molar-refractivity contribution in [1.29, 1.82) is 0 Å². The van der Waals surface area contributed by atoms with Crippen LogP contribution >= 0.6 is 15.9 Å². The molecule has 0 aromatic heterocycles. The van der Waals surface area contributed by atoms with E-state index >= 15 is 0 Å². The number of benzene rings is 1. The van der Waals surface area contributed by atoms with E-state index in [1.807, 2.05) is 13.0 Å². The van der Waals surface area contributed by atoms with Crippen LogP contribution in [0.5, 0.6) is 0 Å². The quantitative estimate of drug-likeness (QED) is 0.539. The van der Waals surface area contributed by atoms with E-state index in [-0.39, 0.29) is 5.97 Å². The van der Waals surface area contributed by atoms with Crippen LogP contribution in [0.15, 0.2) is 28.7 Å². The molecule has 112 valence electrons. The molecule has 0 saturated heterocycles. The van der Waals surface area contributed by atoms with Crippen LogP contribution < -0.4 is 5.32 Å². The number of halogens is 1. The lowest BCUT2D eigenvalue weighted by atomic mass is 10.1. The highest BCUT2D eigenvalue weighted by Gasteiger charge is 2.05. The van der Waals surface area contributed by atoms with E-state index in [0.29, 0.717) is 19.1 Å². The second kappa shape index (κ2) is 9.94. The van der Waals surface area contributed by atoms with Gasteiger partial charge in [-0.05, 0) is 50.9 Å². The third kappa shape index (κ3) is 7.06. The molecule has 0 bridgehead atoms. The molecule has 0 aliphatic heterocycles. The first kappa shape index (κ1) is 17.2. The zero-order valence-electron chi connectivity index (χ0n) is 12.3. The average Bonchev–Trinajstić information content (AvgIpc) is 2.42. The molecular weight excluding hydrogens is 318 g/mol. The summed E-state index contributed by atoms with van der Waals surface area (Å²) in [6.07, 6.45) is 3.58. The highest BCUT2D eigenvalue weighted by atomic mass is 79.9. The maximum atomic E-state index is 11.2. The van der Waals surface area contributed by atoms with Gasteiger partial charge in [0.25, 0.3) is 0 Å². The van der Waals surface area contributed by atoms with Gasteiger partial charge in [-0.15, -0.1) is 0 Å². The molecule has 0 radical (unpaired) electrons. The molecule has 0 heterocycles. The standard InChI is InChI=1S/C16H24BrNO2/c1-3-20-16(19)10-5-4-6-11-18-13(2)14-8-7-9-15(17)12-14/h7-9,12-13,18H,3-6,10-11H2,1-2H3. The number of ether oxygens (including phenoxy) is 1. The number of rotatable bonds is 9. The summed E-state index contributed by atoms with van der Waals surface area (Å²) < 4.78 is 6.01. The molecule has 1 N–H and O–H groups in total. The Kier molecular flexibility index (Phi) is 8.54. The minimum atomic E-state index is -0.0806. The fourth-order valence-corrected chi connectivity index (χ4v) is 2.43. The second-order valence-corrected chi connectivity index (χ2v) is 5.76. The monoisotopic (exact) mass is 341 g/mol. The average molecular weight is 342 g/mol. The summed E-state index contributed by atoms with van der Waals surface area (Å²) in [5.41, 5.74) is 1.28. The van der Waals surface area contributed by atoms with Gasteiger partial charge in [-0.2, -0.15) is 0 Å². The molecular formula is C16H24BrNO2. The van der Waals surface area contributed by atoms with Gasteiger partial charge in [-0.3, -0.25) is 4.79 Å². The summed E-state index contributed by atoms with van der Waals surface area (Å²) in [5, 5.41) is 3.50. The van der Waals surface area contributed by atoms with Crippen molar-refractivity contribution in [3.63, 3.8) is 0 Å². The first-order valence-electron chi connectivity index (χ1n) is 7.28. The Hall–Kier alpha value is -0.870. The van der Waals surface area contributed by atoms with Crippen LogP contribution in [0.1, 0.15) is 51.1 Å². The maximum Gasteiger partial charge on any atom is 0.305 e. The molecule has 0 saturated carbocycles. The summed E-state index contributed by atoms with van der Waals surface area (Å²) in [7, 11) is 0. The first-order valence-corrected chi connectivity index (χ1v) is 8.07. The van der Waals surface area contributed by atoms with Gasteiger partial charge in [0.1, 0.15) is 0 Å². The molecule has 20 heavy (non-hydrogen) atoms. The van der Waals surface area contributed by atoms with Crippen LogP contribution in [0.2, 0.25) is 0 Å². The van der Waals surface area contributed by atoms with Crippen LogP contribution in [-0.4, -0.2) is 19.1 Å². The number of carbonyl (C=O) groups excluding carboxylic acids is 1. The van der Waals surface area contributed by atoms with Crippen LogP contribution in [0.25, 0.3) is 0 Å². The van der Waals surface area contributed by atoms with E-state index < -0.39 is 0 Å². The third-order valence-electron chi connectivity index (χ3n) is 3.16. The van der Waals surface area contributed by atoms with Crippen molar-refractivity contribution in [1.82, 2.24) is 5.32 Å². The molecule has 1 atom stereocenters.